The van der Waals surface area contributed by atoms with Gasteiger partial charge in [-0.1, -0.05) is 30.3 Å². The average Bonchev–Trinajstić information content (AvgIpc) is 2.48. The minimum Gasteiger partial charge on any atom is -0.393 e. The van der Waals surface area contributed by atoms with Gasteiger partial charge in [0, 0.05) is 5.92 Å². The number of nitrogens with two attached hydrogens (primary N) is 1. The van der Waals surface area contributed by atoms with Gasteiger partial charge in [-0.15, -0.1) is 0 Å². The minimum atomic E-state index is -1.34. The third-order valence-corrected chi connectivity index (χ3v) is 3.59. The second-order valence-corrected chi connectivity index (χ2v) is 6.19. The Morgan fingerprint density at radius 1 is 1.41 bits per heavy atom. The summed E-state index contributed by atoms with van der Waals surface area (Å²) in [5.74, 6) is 4.31. The third-order valence-electron chi connectivity index (χ3n) is 3.59. The zero-order valence-corrected chi connectivity index (χ0v) is 13.3. The van der Waals surface area contributed by atoms with Crippen LogP contribution in [-0.4, -0.2) is 22.8 Å². The van der Waals surface area contributed by atoms with E-state index in [2.05, 4.69) is 5.43 Å². The van der Waals surface area contributed by atoms with Crippen LogP contribution >= 0.6 is 0 Å². The first kappa shape index (κ1) is 18.6. The molecule has 2 atom stereocenters. The molecule has 1 aromatic rings. The van der Waals surface area contributed by atoms with Crippen LogP contribution in [0.3, 0.4) is 0 Å². The van der Waals surface area contributed by atoms with Gasteiger partial charge in [-0.25, -0.2) is 10.2 Å². The van der Waals surface area contributed by atoms with Gasteiger partial charge in [-0.2, -0.15) is 0 Å². The Kier molecular flexibility index (Phi) is 7.48. The fourth-order valence-electron chi connectivity index (χ4n) is 2.27. The zero-order chi connectivity index (χ0) is 16.6. The Bertz CT molecular complexity index is 446. The first-order valence-corrected chi connectivity index (χ1v) is 7.56. The van der Waals surface area contributed by atoms with E-state index >= 15 is 0 Å². The number of amides is 1. The van der Waals surface area contributed by atoms with Crippen molar-refractivity contribution in [1.29, 1.82) is 0 Å². The van der Waals surface area contributed by atoms with E-state index in [1.54, 1.807) is 6.42 Å². The lowest BCUT2D eigenvalue weighted by atomic mass is 9.89. The number of hydrazine groups is 1. The minimum absolute atomic E-state index is 0.242. The molecule has 0 aliphatic heterocycles. The molecule has 1 aromatic carbocycles. The molecule has 4 N–H and O–H groups in total. The number of nitrogens with one attached hydrogen (secondary N) is 1. The van der Waals surface area contributed by atoms with Crippen LogP contribution in [0.4, 0.5) is 4.39 Å². The average molecular weight is 309 g/mol. The summed E-state index contributed by atoms with van der Waals surface area (Å²) < 4.78 is 13.6. The molecule has 0 fully saturated rings. The fourth-order valence-corrected chi connectivity index (χ4v) is 2.27. The summed E-state index contributed by atoms with van der Waals surface area (Å²) in [5.41, 5.74) is 1.84. The number of rotatable bonds is 9. The second-order valence-electron chi connectivity index (χ2n) is 6.19. The molecule has 1 radical (unpaired) electrons. The summed E-state index contributed by atoms with van der Waals surface area (Å²) >= 11 is 0. The molecule has 0 aromatic heterocycles. The predicted octanol–water partition coefficient (Wildman–Crippen LogP) is 2.32. The maximum absolute atomic E-state index is 13.6. The molecule has 0 aliphatic rings. The molecule has 0 bridgehead atoms. The van der Waals surface area contributed by atoms with Crippen molar-refractivity contribution in [3.05, 3.63) is 42.3 Å². The highest BCUT2D eigenvalue weighted by molar-refractivity contribution is 5.78. The molecule has 0 saturated heterocycles. The first-order chi connectivity index (χ1) is 10.3. The zero-order valence-electron chi connectivity index (χ0n) is 13.3. The van der Waals surface area contributed by atoms with Gasteiger partial charge < -0.3 is 5.11 Å². The lowest BCUT2D eigenvalue weighted by molar-refractivity contribution is -0.126. The van der Waals surface area contributed by atoms with Crippen molar-refractivity contribution in [2.24, 2.45) is 11.8 Å². The Hall–Kier alpha value is -1.46. The Balaban J connectivity index is 2.48. The molecule has 0 saturated carbocycles. The highest BCUT2D eigenvalue weighted by Gasteiger charge is 2.25. The first-order valence-electron chi connectivity index (χ1n) is 7.56. The van der Waals surface area contributed by atoms with Crippen LogP contribution in [0.2, 0.25) is 0 Å². The summed E-state index contributed by atoms with van der Waals surface area (Å²) in [6.07, 6.45) is 2.48. The van der Waals surface area contributed by atoms with E-state index in [0.29, 0.717) is 12.8 Å². The molecule has 5 heteroatoms. The van der Waals surface area contributed by atoms with E-state index in [9.17, 15) is 14.3 Å². The molecular formula is C17H26FN2O2. The smallest absolute Gasteiger partial charge is 0.237 e. The van der Waals surface area contributed by atoms with Crippen LogP contribution in [0.15, 0.2) is 30.3 Å². The van der Waals surface area contributed by atoms with Crippen molar-refractivity contribution in [3.63, 3.8) is 0 Å². The number of aliphatic hydroxyl groups is 1. The van der Waals surface area contributed by atoms with Crippen molar-refractivity contribution in [3.8, 4) is 0 Å². The Morgan fingerprint density at radius 2 is 2.05 bits per heavy atom. The Labute approximate surface area is 131 Å². The standard InChI is InChI=1S/C17H26FN2O2/c1-17(2,18)11-10-14(16(22)20-19)12-15(21)9-8-13-6-4-3-5-7-13/h3-7,9,14-15,21H,8,10-12,19H2,1-2H3,(H,20,22). The summed E-state index contributed by atoms with van der Waals surface area (Å²) in [6.45, 7) is 2.95. The lowest BCUT2D eigenvalue weighted by Gasteiger charge is -2.21. The van der Waals surface area contributed by atoms with E-state index in [0.717, 1.165) is 5.56 Å². The topological polar surface area (TPSA) is 75.3 Å². The van der Waals surface area contributed by atoms with E-state index in [-0.39, 0.29) is 18.7 Å². The maximum Gasteiger partial charge on any atom is 0.237 e. The van der Waals surface area contributed by atoms with Crippen LogP contribution in [0.25, 0.3) is 0 Å². The van der Waals surface area contributed by atoms with Gasteiger partial charge in [0.2, 0.25) is 5.91 Å². The number of hydrogen-bond donors (Lipinski definition) is 3. The van der Waals surface area contributed by atoms with Gasteiger partial charge in [0.05, 0.1) is 6.10 Å². The number of benzene rings is 1. The molecule has 22 heavy (non-hydrogen) atoms. The van der Waals surface area contributed by atoms with Crippen LogP contribution in [0.1, 0.15) is 38.7 Å². The molecule has 4 nitrogen and oxygen atoms in total. The van der Waals surface area contributed by atoms with E-state index in [4.69, 9.17) is 5.84 Å². The van der Waals surface area contributed by atoms with Crippen molar-refractivity contribution in [1.82, 2.24) is 5.43 Å². The van der Waals surface area contributed by atoms with Crippen LogP contribution < -0.4 is 11.3 Å². The highest BCUT2D eigenvalue weighted by atomic mass is 19.1. The molecule has 2 unspecified atom stereocenters. The molecular weight excluding hydrogens is 283 g/mol. The highest BCUT2D eigenvalue weighted by Crippen LogP contribution is 2.23. The number of aliphatic hydroxyl groups excluding tert-OH is 1. The molecule has 0 aliphatic carbocycles. The third kappa shape index (κ3) is 7.52. The molecule has 123 valence electrons. The van der Waals surface area contributed by atoms with E-state index in [1.807, 2.05) is 30.3 Å². The second kappa shape index (κ2) is 8.86. The summed E-state index contributed by atoms with van der Waals surface area (Å²) in [6, 6.07) is 9.74. The number of halogens is 1. The number of hydrogen-bond acceptors (Lipinski definition) is 3. The molecule has 0 heterocycles. The summed E-state index contributed by atoms with van der Waals surface area (Å²) in [5, 5.41) is 10.1. The largest absolute Gasteiger partial charge is 0.393 e. The van der Waals surface area contributed by atoms with Gasteiger partial charge in [0.15, 0.2) is 0 Å². The van der Waals surface area contributed by atoms with Crippen molar-refractivity contribution >= 4 is 5.91 Å². The number of carbonyl (C=O) groups excluding carboxylic acids is 1. The van der Waals surface area contributed by atoms with Gasteiger partial charge in [-0.3, -0.25) is 10.2 Å². The molecule has 0 spiro atoms. The molecule has 1 rings (SSSR count). The summed E-state index contributed by atoms with van der Waals surface area (Å²) in [7, 11) is 0. The van der Waals surface area contributed by atoms with Crippen LogP contribution in [-0.2, 0) is 11.2 Å². The van der Waals surface area contributed by atoms with Crippen LogP contribution in [0, 0.1) is 12.3 Å². The normalized spacial score (nSPS) is 14.4. The van der Waals surface area contributed by atoms with Crippen molar-refractivity contribution in [2.45, 2.75) is 51.3 Å². The Morgan fingerprint density at radius 3 is 2.59 bits per heavy atom. The quantitative estimate of drug-likeness (QED) is 0.372. The monoisotopic (exact) mass is 309 g/mol. The van der Waals surface area contributed by atoms with Gasteiger partial charge >= 0.3 is 0 Å². The lowest BCUT2D eigenvalue weighted by Crippen LogP contribution is -2.38. The SMILES string of the molecule is CC(C)(F)CCC(CC(O)[CH]Cc1ccccc1)C(=O)NN. The van der Waals surface area contributed by atoms with Crippen LogP contribution in [0.5, 0.6) is 0 Å². The fraction of sp³-hybridized carbons (Fsp3) is 0.529. The maximum atomic E-state index is 13.6. The van der Waals surface area contributed by atoms with Crippen molar-refractivity contribution in [2.75, 3.05) is 0 Å². The van der Waals surface area contributed by atoms with Crippen molar-refractivity contribution < 1.29 is 14.3 Å². The molecule has 1 amide bonds. The van der Waals surface area contributed by atoms with Gasteiger partial charge in [0.1, 0.15) is 5.67 Å². The summed E-state index contributed by atoms with van der Waals surface area (Å²) in [4.78, 5) is 11.8. The van der Waals surface area contributed by atoms with E-state index in [1.165, 1.54) is 13.8 Å². The van der Waals surface area contributed by atoms with Gasteiger partial charge in [0.25, 0.3) is 0 Å². The predicted molar refractivity (Wildman–Crippen MR) is 85.3 cm³/mol. The number of alkyl halides is 1. The number of carbonyl (C=O) groups is 1. The van der Waals surface area contributed by atoms with E-state index < -0.39 is 17.7 Å². The van der Waals surface area contributed by atoms with Gasteiger partial charge in [-0.05, 0) is 51.5 Å².